The Morgan fingerprint density at radius 1 is 0.651 bits per heavy atom. The summed E-state index contributed by atoms with van der Waals surface area (Å²) in [5, 5.41) is 19.0. The van der Waals surface area contributed by atoms with Gasteiger partial charge in [-0.2, -0.15) is 0 Å². The minimum absolute atomic E-state index is 0.00126. The third-order valence-corrected chi connectivity index (χ3v) is 9.06. The Labute approximate surface area is 251 Å². The predicted molar refractivity (Wildman–Crippen MR) is 173 cm³/mol. The summed E-state index contributed by atoms with van der Waals surface area (Å²) in [5.74, 6) is -1.72. The number of carboxylic acid groups (broad SMARTS) is 2. The van der Waals surface area contributed by atoms with E-state index in [0.29, 0.717) is 18.5 Å². The third kappa shape index (κ3) is 5.42. The maximum Gasteiger partial charge on any atom is 0.303 e. The van der Waals surface area contributed by atoms with Crippen molar-refractivity contribution in [3.05, 3.63) is 68.8 Å². The first-order valence-electron chi connectivity index (χ1n) is 15.0. The van der Waals surface area contributed by atoms with E-state index in [-0.39, 0.29) is 12.8 Å². The molecule has 8 nitrogen and oxygen atoms in total. The molecule has 2 aliphatic heterocycles. The van der Waals surface area contributed by atoms with Crippen LogP contribution < -0.4 is 0 Å². The zero-order valence-corrected chi connectivity index (χ0v) is 26.1. The molecule has 5 heterocycles. The summed E-state index contributed by atoms with van der Waals surface area (Å²) in [4.78, 5) is 40.6. The topological polar surface area (TPSA) is 132 Å². The fourth-order valence-electron chi connectivity index (χ4n) is 6.56. The number of carbonyl (C=O) groups is 2. The molecule has 43 heavy (non-hydrogen) atoms. The molecule has 0 aromatic carbocycles. The minimum atomic E-state index is -0.867. The van der Waals surface area contributed by atoms with Gasteiger partial charge in [-0.25, -0.2) is 9.97 Å². The number of fused-ring (bicyclic) bond motifs is 8. The molecule has 0 amide bonds. The van der Waals surface area contributed by atoms with Gasteiger partial charge in [0.2, 0.25) is 0 Å². The summed E-state index contributed by atoms with van der Waals surface area (Å²) in [5.41, 5.74) is 16.6. The molecular weight excluding hydrogens is 540 g/mol. The number of aliphatic carboxylic acids is 2. The lowest BCUT2D eigenvalue weighted by Gasteiger charge is -2.04. The van der Waals surface area contributed by atoms with Gasteiger partial charge in [-0.1, -0.05) is 13.8 Å². The summed E-state index contributed by atoms with van der Waals surface area (Å²) in [7, 11) is 0. The second-order valence-electron chi connectivity index (χ2n) is 11.6. The zero-order chi connectivity index (χ0) is 31.2. The van der Waals surface area contributed by atoms with Gasteiger partial charge in [0.1, 0.15) is 0 Å². The van der Waals surface area contributed by atoms with E-state index in [1.54, 1.807) is 0 Å². The van der Waals surface area contributed by atoms with Crippen molar-refractivity contribution in [3.63, 3.8) is 0 Å². The van der Waals surface area contributed by atoms with E-state index in [9.17, 15) is 19.8 Å². The molecule has 224 valence electrons. The van der Waals surface area contributed by atoms with Crippen molar-refractivity contribution >= 4 is 56.3 Å². The molecular formula is C35H40N4O4. The molecule has 3 aromatic rings. The highest BCUT2D eigenvalue weighted by molar-refractivity contribution is 5.96. The molecule has 0 fully saturated rings. The first kappa shape index (κ1) is 30.0. The monoisotopic (exact) mass is 580 g/mol. The highest BCUT2D eigenvalue weighted by Gasteiger charge is 2.23. The van der Waals surface area contributed by atoms with Crippen LogP contribution in [-0.2, 0) is 22.4 Å². The lowest BCUT2D eigenvalue weighted by atomic mass is 9.99. The lowest BCUT2D eigenvalue weighted by molar-refractivity contribution is -0.137. The maximum absolute atomic E-state index is 11.6. The van der Waals surface area contributed by atoms with E-state index >= 15 is 0 Å². The Morgan fingerprint density at radius 3 is 1.93 bits per heavy atom. The molecule has 5 rings (SSSR count). The Morgan fingerprint density at radius 2 is 1.28 bits per heavy atom. The van der Waals surface area contributed by atoms with Gasteiger partial charge in [0, 0.05) is 34.9 Å². The van der Waals surface area contributed by atoms with Crippen LogP contribution in [-0.4, -0.2) is 42.1 Å². The number of rotatable bonds is 8. The standard InChI is InChI=1S/C35H40N4O4/c1-8-22-20(6)34-21(7)35-23(9-2)17(3)28(38-35)14-26-18(4)24(10-12-32(40)41)30(36-26)16-31-25(11-13-33(42)43)19(5)27(37-31)15-29(22)39-34/h14-16,37,39H,8-13H2,1-7H3,(H,40,41)(H,42,43). The number of hydrogen-bond acceptors (Lipinski definition) is 4. The van der Waals surface area contributed by atoms with Gasteiger partial charge in [0.15, 0.2) is 0 Å². The van der Waals surface area contributed by atoms with E-state index < -0.39 is 11.9 Å². The number of nitrogens with zero attached hydrogens (tertiary/aromatic N) is 2. The van der Waals surface area contributed by atoms with Crippen LogP contribution in [0.1, 0.15) is 104 Å². The van der Waals surface area contributed by atoms with Crippen LogP contribution in [0.2, 0.25) is 0 Å². The summed E-state index contributed by atoms with van der Waals surface area (Å²) < 4.78 is 0. The maximum atomic E-state index is 11.6. The minimum Gasteiger partial charge on any atom is -0.481 e. The van der Waals surface area contributed by atoms with Gasteiger partial charge in [0.25, 0.3) is 0 Å². The van der Waals surface area contributed by atoms with E-state index in [1.807, 2.05) is 26.0 Å². The number of H-pyrrole nitrogens is 2. The van der Waals surface area contributed by atoms with Crippen molar-refractivity contribution in [2.75, 3.05) is 0 Å². The van der Waals surface area contributed by atoms with Crippen LogP contribution in [0, 0.1) is 20.8 Å². The highest BCUT2D eigenvalue weighted by Crippen LogP contribution is 2.38. The molecule has 0 atom stereocenters. The van der Waals surface area contributed by atoms with Crippen molar-refractivity contribution in [2.24, 2.45) is 0 Å². The quantitative estimate of drug-likeness (QED) is 0.214. The van der Waals surface area contributed by atoms with E-state index in [4.69, 9.17) is 9.97 Å². The second kappa shape index (κ2) is 11.7. The molecule has 0 aliphatic carbocycles. The summed E-state index contributed by atoms with van der Waals surface area (Å²) in [6.07, 6.45) is 2.39. The molecule has 8 heteroatoms. The average molecular weight is 581 g/mol. The molecule has 0 saturated heterocycles. The molecule has 3 aromatic heterocycles. The first-order chi connectivity index (χ1) is 20.4. The van der Waals surface area contributed by atoms with E-state index in [1.165, 1.54) is 16.7 Å². The van der Waals surface area contributed by atoms with Crippen LogP contribution in [0.15, 0.2) is 18.2 Å². The van der Waals surface area contributed by atoms with Gasteiger partial charge < -0.3 is 20.2 Å². The smallest absolute Gasteiger partial charge is 0.303 e. The normalized spacial score (nSPS) is 13.3. The molecule has 0 unspecified atom stereocenters. The fourth-order valence-corrected chi connectivity index (χ4v) is 6.56. The van der Waals surface area contributed by atoms with Crippen LogP contribution in [0.25, 0.3) is 44.4 Å². The van der Waals surface area contributed by atoms with Crippen LogP contribution in [0.3, 0.4) is 0 Å². The molecule has 0 saturated carbocycles. The SMILES string of the molecule is CCC1=C(C)c2cc3nc(cc4[nH]c(cc5[nH]c(c(C)c1n2)c(C)c5CC)c(C)c4CCC(=O)O)C(CCC(=O)O)=C3C. The number of carboxylic acids is 2. The summed E-state index contributed by atoms with van der Waals surface area (Å²) in [6, 6.07) is 6.09. The number of aromatic nitrogens is 4. The first-order valence-corrected chi connectivity index (χ1v) is 15.0. The number of allylic oxidation sites excluding steroid dienone is 4. The number of nitrogens with one attached hydrogen (secondary N) is 2. The highest BCUT2D eigenvalue weighted by atomic mass is 16.4. The Bertz CT molecular complexity index is 1900. The van der Waals surface area contributed by atoms with Crippen molar-refractivity contribution in [3.8, 4) is 0 Å². The molecule has 2 aliphatic rings. The summed E-state index contributed by atoms with van der Waals surface area (Å²) in [6.45, 7) is 14.7. The number of hydrogen-bond donors (Lipinski definition) is 4. The van der Waals surface area contributed by atoms with Crippen molar-refractivity contribution in [1.82, 2.24) is 19.9 Å². The van der Waals surface area contributed by atoms with Gasteiger partial charge >= 0.3 is 11.9 Å². The molecule has 8 bridgehead atoms. The van der Waals surface area contributed by atoms with Crippen molar-refractivity contribution in [1.29, 1.82) is 0 Å². The van der Waals surface area contributed by atoms with Gasteiger partial charge in [-0.3, -0.25) is 9.59 Å². The predicted octanol–water partition coefficient (Wildman–Crippen LogP) is 7.96. The van der Waals surface area contributed by atoms with Crippen molar-refractivity contribution in [2.45, 2.75) is 87.0 Å². The van der Waals surface area contributed by atoms with Crippen LogP contribution in [0.5, 0.6) is 0 Å². The summed E-state index contributed by atoms with van der Waals surface area (Å²) >= 11 is 0. The van der Waals surface area contributed by atoms with Crippen molar-refractivity contribution < 1.29 is 19.8 Å². The molecule has 4 N–H and O–H groups in total. The zero-order valence-electron chi connectivity index (χ0n) is 26.1. The lowest BCUT2D eigenvalue weighted by Crippen LogP contribution is -1.98. The third-order valence-electron chi connectivity index (χ3n) is 9.06. The number of aryl methyl sites for hydroxylation is 5. The van der Waals surface area contributed by atoms with Gasteiger partial charge in [-0.05, 0) is 129 Å². The van der Waals surface area contributed by atoms with Gasteiger partial charge in [0.05, 0.1) is 22.8 Å². The molecule has 0 radical (unpaired) electrons. The van der Waals surface area contributed by atoms with Crippen LogP contribution in [0.4, 0.5) is 0 Å². The second-order valence-corrected chi connectivity index (χ2v) is 11.6. The Balaban J connectivity index is 1.96. The van der Waals surface area contributed by atoms with E-state index in [2.05, 4.69) is 50.7 Å². The molecule has 0 spiro atoms. The largest absolute Gasteiger partial charge is 0.481 e. The fraction of sp³-hybridized carbons (Fsp3) is 0.371. The van der Waals surface area contributed by atoms with Gasteiger partial charge in [-0.15, -0.1) is 0 Å². The number of aromatic amines is 2. The Hall–Kier alpha value is -4.46. The average Bonchev–Trinajstić information content (AvgIpc) is 3.63. The van der Waals surface area contributed by atoms with Crippen LogP contribution >= 0.6 is 0 Å². The Kier molecular flexibility index (Phi) is 8.14. The van der Waals surface area contributed by atoms with E-state index in [0.717, 1.165) is 85.4 Å².